The summed E-state index contributed by atoms with van der Waals surface area (Å²) in [6.07, 6.45) is -0.301. The SMILES string of the molecule is O=C(O)N[C@@H](Cc1cc(F)cc(F)c1)[C@@H](O)CN[C@H]1CCCCNC1=O. The molecule has 3 atom stereocenters. The summed E-state index contributed by atoms with van der Waals surface area (Å²) in [4.78, 5) is 22.9. The predicted octanol–water partition coefficient (Wildman–Crippen LogP) is 0.763. The monoisotopic (exact) mass is 371 g/mol. The van der Waals surface area contributed by atoms with E-state index in [0.717, 1.165) is 25.0 Å². The molecular formula is C17H23F2N3O4. The smallest absolute Gasteiger partial charge is 0.404 e. The van der Waals surface area contributed by atoms with Gasteiger partial charge in [-0.1, -0.05) is 0 Å². The third-order valence-electron chi connectivity index (χ3n) is 4.26. The summed E-state index contributed by atoms with van der Waals surface area (Å²) in [5.74, 6) is -1.72. The minimum Gasteiger partial charge on any atom is -0.465 e. The van der Waals surface area contributed by atoms with E-state index in [1.165, 1.54) is 0 Å². The second-order valence-electron chi connectivity index (χ2n) is 6.35. The number of carboxylic acid groups (broad SMARTS) is 1. The van der Waals surface area contributed by atoms with Crippen molar-refractivity contribution in [2.24, 2.45) is 0 Å². The molecule has 144 valence electrons. The minimum absolute atomic E-state index is 0.0408. The van der Waals surface area contributed by atoms with E-state index in [9.17, 15) is 23.5 Å². The Kier molecular flexibility index (Phi) is 7.28. The lowest BCUT2D eigenvalue weighted by atomic mass is 10.0. The molecule has 1 aromatic carbocycles. The Morgan fingerprint density at radius 2 is 1.96 bits per heavy atom. The Hall–Kier alpha value is -2.26. The number of rotatable bonds is 7. The van der Waals surface area contributed by atoms with Gasteiger partial charge in [-0.15, -0.1) is 0 Å². The lowest BCUT2D eigenvalue weighted by molar-refractivity contribution is -0.123. The molecule has 1 aromatic rings. The molecule has 0 bridgehead atoms. The van der Waals surface area contributed by atoms with E-state index in [4.69, 9.17) is 5.11 Å². The maximum absolute atomic E-state index is 13.3. The van der Waals surface area contributed by atoms with Crippen LogP contribution >= 0.6 is 0 Å². The van der Waals surface area contributed by atoms with Crippen molar-refractivity contribution in [2.75, 3.05) is 13.1 Å². The largest absolute Gasteiger partial charge is 0.465 e. The molecule has 0 aliphatic carbocycles. The molecule has 0 spiro atoms. The Morgan fingerprint density at radius 1 is 1.27 bits per heavy atom. The van der Waals surface area contributed by atoms with Crippen LogP contribution < -0.4 is 16.0 Å². The van der Waals surface area contributed by atoms with E-state index in [1.54, 1.807) is 0 Å². The molecule has 1 aliphatic rings. The average molecular weight is 371 g/mol. The van der Waals surface area contributed by atoms with Gasteiger partial charge in [-0.3, -0.25) is 4.79 Å². The fourth-order valence-corrected chi connectivity index (χ4v) is 2.96. The highest BCUT2D eigenvalue weighted by Crippen LogP contribution is 2.12. The van der Waals surface area contributed by atoms with Crippen LogP contribution in [-0.2, 0) is 11.2 Å². The van der Waals surface area contributed by atoms with Crippen molar-refractivity contribution in [3.05, 3.63) is 35.4 Å². The molecule has 0 unspecified atom stereocenters. The molecule has 7 nitrogen and oxygen atoms in total. The zero-order valence-electron chi connectivity index (χ0n) is 14.2. The molecule has 1 heterocycles. The summed E-state index contributed by atoms with van der Waals surface area (Å²) in [5.41, 5.74) is 0.215. The van der Waals surface area contributed by atoms with Crippen molar-refractivity contribution in [3.63, 3.8) is 0 Å². The third-order valence-corrected chi connectivity index (χ3v) is 4.26. The van der Waals surface area contributed by atoms with Gasteiger partial charge in [-0.05, 0) is 43.4 Å². The number of carbonyl (C=O) groups is 2. The van der Waals surface area contributed by atoms with Gasteiger partial charge in [0.1, 0.15) is 11.6 Å². The van der Waals surface area contributed by atoms with Crippen LogP contribution in [0.25, 0.3) is 0 Å². The highest BCUT2D eigenvalue weighted by Gasteiger charge is 2.25. The van der Waals surface area contributed by atoms with Crippen molar-refractivity contribution in [3.8, 4) is 0 Å². The second-order valence-corrected chi connectivity index (χ2v) is 6.35. The van der Waals surface area contributed by atoms with Crippen LogP contribution in [0.1, 0.15) is 24.8 Å². The summed E-state index contributed by atoms with van der Waals surface area (Å²) in [7, 11) is 0. The van der Waals surface area contributed by atoms with Gasteiger partial charge < -0.3 is 26.2 Å². The molecule has 9 heteroatoms. The molecule has 1 aliphatic heterocycles. The first-order valence-corrected chi connectivity index (χ1v) is 8.48. The molecule has 26 heavy (non-hydrogen) atoms. The van der Waals surface area contributed by atoms with Crippen LogP contribution in [-0.4, -0.2) is 53.5 Å². The number of hydrogen-bond acceptors (Lipinski definition) is 4. The standard InChI is InChI=1S/C17H23F2N3O4/c18-11-5-10(6-12(19)8-11)7-14(22-17(25)26)15(23)9-21-13-3-1-2-4-20-16(13)24/h5-6,8,13-15,21-23H,1-4,7,9H2,(H,20,24)(H,25,26)/t13-,14-,15-/m0/s1. The second kappa shape index (κ2) is 9.44. The summed E-state index contributed by atoms with van der Waals surface area (Å²) in [6.45, 7) is 0.564. The number of carbonyl (C=O) groups excluding carboxylic acids is 1. The van der Waals surface area contributed by atoms with E-state index < -0.39 is 35.9 Å². The quantitative estimate of drug-likeness (QED) is 0.486. The van der Waals surface area contributed by atoms with Crippen molar-refractivity contribution >= 4 is 12.0 Å². The number of amides is 2. The van der Waals surface area contributed by atoms with Crippen molar-refractivity contribution < 1.29 is 28.6 Å². The summed E-state index contributed by atoms with van der Waals surface area (Å²) >= 11 is 0. The first-order valence-electron chi connectivity index (χ1n) is 8.48. The topological polar surface area (TPSA) is 111 Å². The zero-order valence-corrected chi connectivity index (χ0v) is 14.2. The van der Waals surface area contributed by atoms with Gasteiger partial charge in [0.25, 0.3) is 0 Å². The van der Waals surface area contributed by atoms with Gasteiger partial charge in [0.05, 0.1) is 18.2 Å². The van der Waals surface area contributed by atoms with Crippen molar-refractivity contribution in [1.29, 1.82) is 0 Å². The number of hydrogen-bond donors (Lipinski definition) is 5. The molecule has 0 radical (unpaired) electrons. The first kappa shape index (κ1) is 20.1. The Balaban J connectivity index is 2.00. The Labute approximate surface area is 149 Å². The molecular weight excluding hydrogens is 348 g/mol. The van der Waals surface area contributed by atoms with E-state index in [0.29, 0.717) is 19.0 Å². The van der Waals surface area contributed by atoms with Crippen LogP contribution in [0.5, 0.6) is 0 Å². The third kappa shape index (κ3) is 6.23. The lowest BCUT2D eigenvalue weighted by Crippen LogP contribution is -2.52. The van der Waals surface area contributed by atoms with Crippen molar-refractivity contribution in [1.82, 2.24) is 16.0 Å². The molecule has 1 saturated heterocycles. The van der Waals surface area contributed by atoms with Crippen LogP contribution in [0.15, 0.2) is 18.2 Å². The molecule has 2 rings (SSSR count). The fraction of sp³-hybridized carbons (Fsp3) is 0.529. The zero-order chi connectivity index (χ0) is 19.1. The summed E-state index contributed by atoms with van der Waals surface area (Å²) in [6, 6.07) is 1.42. The van der Waals surface area contributed by atoms with E-state index in [2.05, 4.69) is 16.0 Å². The summed E-state index contributed by atoms with van der Waals surface area (Å²) in [5, 5.41) is 27.1. The van der Waals surface area contributed by atoms with Gasteiger partial charge in [-0.25, -0.2) is 13.6 Å². The van der Waals surface area contributed by atoms with Gasteiger partial charge >= 0.3 is 6.09 Å². The van der Waals surface area contributed by atoms with Crippen LogP contribution in [0.4, 0.5) is 13.6 Å². The molecule has 5 N–H and O–H groups in total. The number of benzene rings is 1. The van der Waals surface area contributed by atoms with Crippen LogP contribution in [0.3, 0.4) is 0 Å². The molecule has 0 aromatic heterocycles. The van der Waals surface area contributed by atoms with Gasteiger partial charge in [0.2, 0.25) is 5.91 Å². The molecule has 1 fully saturated rings. The highest BCUT2D eigenvalue weighted by atomic mass is 19.1. The van der Waals surface area contributed by atoms with Gasteiger partial charge in [0.15, 0.2) is 0 Å². The number of halogens is 2. The normalized spacial score (nSPS) is 20.0. The molecule has 0 saturated carbocycles. The Bertz CT molecular complexity index is 624. The van der Waals surface area contributed by atoms with Gasteiger partial charge in [0, 0.05) is 19.2 Å². The van der Waals surface area contributed by atoms with E-state index >= 15 is 0 Å². The minimum atomic E-state index is -1.36. The van der Waals surface area contributed by atoms with Crippen LogP contribution in [0.2, 0.25) is 0 Å². The first-order chi connectivity index (χ1) is 12.3. The number of nitrogens with one attached hydrogen (secondary N) is 3. The van der Waals surface area contributed by atoms with Crippen molar-refractivity contribution in [2.45, 2.75) is 43.9 Å². The number of aliphatic hydroxyl groups excluding tert-OH is 1. The Morgan fingerprint density at radius 3 is 2.62 bits per heavy atom. The number of aliphatic hydroxyl groups is 1. The predicted molar refractivity (Wildman–Crippen MR) is 89.7 cm³/mol. The average Bonchev–Trinajstić information content (AvgIpc) is 2.75. The maximum Gasteiger partial charge on any atom is 0.404 e. The van der Waals surface area contributed by atoms with E-state index in [1.807, 2.05) is 0 Å². The molecule has 2 amide bonds. The highest BCUT2D eigenvalue weighted by molar-refractivity contribution is 5.81. The maximum atomic E-state index is 13.3. The fourth-order valence-electron chi connectivity index (χ4n) is 2.96. The van der Waals surface area contributed by atoms with Crippen LogP contribution in [0, 0.1) is 11.6 Å². The lowest BCUT2D eigenvalue weighted by Gasteiger charge is -2.25. The van der Waals surface area contributed by atoms with Gasteiger partial charge in [-0.2, -0.15) is 0 Å². The summed E-state index contributed by atoms with van der Waals surface area (Å²) < 4.78 is 26.6. The van der Waals surface area contributed by atoms with E-state index in [-0.39, 0.29) is 24.4 Å².